The number of nitro groups is 1. The van der Waals surface area contributed by atoms with Crippen molar-refractivity contribution in [2.75, 3.05) is 25.0 Å². The summed E-state index contributed by atoms with van der Waals surface area (Å²) in [6, 6.07) is 4.36. The van der Waals surface area contributed by atoms with Crippen LogP contribution in [0.5, 0.6) is 0 Å². The zero-order valence-electron chi connectivity index (χ0n) is 11.9. The highest BCUT2D eigenvalue weighted by Crippen LogP contribution is 2.25. The van der Waals surface area contributed by atoms with Crippen LogP contribution in [-0.2, 0) is 0 Å². The Morgan fingerprint density at radius 2 is 2.14 bits per heavy atom. The van der Waals surface area contributed by atoms with Gasteiger partial charge in [0.2, 0.25) is 0 Å². The van der Waals surface area contributed by atoms with E-state index in [1.54, 1.807) is 17.9 Å². The number of likely N-dealkylation sites (tertiary alicyclic amines) is 1. The summed E-state index contributed by atoms with van der Waals surface area (Å²) in [6.45, 7) is 3.23. The van der Waals surface area contributed by atoms with Gasteiger partial charge in [-0.2, -0.15) is 0 Å². The van der Waals surface area contributed by atoms with Crippen molar-refractivity contribution in [3.05, 3.63) is 33.9 Å². The number of aliphatic hydroxyl groups excluding tert-OH is 1. The van der Waals surface area contributed by atoms with Crippen molar-refractivity contribution >= 4 is 17.3 Å². The number of nitrogens with one attached hydrogen (secondary N) is 1. The first-order valence-corrected chi connectivity index (χ1v) is 6.98. The number of anilines is 1. The van der Waals surface area contributed by atoms with Gasteiger partial charge in [0.05, 0.1) is 11.0 Å². The van der Waals surface area contributed by atoms with E-state index < -0.39 is 11.0 Å². The van der Waals surface area contributed by atoms with Crippen molar-refractivity contribution in [1.82, 2.24) is 4.90 Å². The van der Waals surface area contributed by atoms with Crippen molar-refractivity contribution in [3.8, 4) is 0 Å². The van der Waals surface area contributed by atoms with E-state index in [-0.39, 0.29) is 17.2 Å². The molecule has 1 heterocycles. The molecule has 0 spiro atoms. The van der Waals surface area contributed by atoms with Gasteiger partial charge in [0.1, 0.15) is 5.56 Å². The second-order valence-electron chi connectivity index (χ2n) is 5.22. The van der Waals surface area contributed by atoms with Crippen LogP contribution in [0, 0.1) is 10.1 Å². The summed E-state index contributed by atoms with van der Waals surface area (Å²) in [4.78, 5) is 24.6. The Kier molecular flexibility index (Phi) is 4.74. The van der Waals surface area contributed by atoms with Crippen molar-refractivity contribution in [3.63, 3.8) is 0 Å². The largest absolute Gasteiger partial charge is 0.392 e. The molecule has 0 radical (unpaired) electrons. The lowest BCUT2D eigenvalue weighted by Crippen LogP contribution is -2.28. The number of amides is 1. The van der Waals surface area contributed by atoms with Crippen LogP contribution < -0.4 is 5.32 Å². The summed E-state index contributed by atoms with van der Waals surface area (Å²) in [7, 11) is 0. The van der Waals surface area contributed by atoms with E-state index in [0.29, 0.717) is 25.3 Å². The van der Waals surface area contributed by atoms with Gasteiger partial charge in [-0.1, -0.05) is 0 Å². The monoisotopic (exact) mass is 293 g/mol. The highest BCUT2D eigenvalue weighted by molar-refractivity contribution is 5.99. The van der Waals surface area contributed by atoms with Crippen molar-refractivity contribution in [2.24, 2.45) is 0 Å². The molecule has 1 aliphatic heterocycles. The van der Waals surface area contributed by atoms with E-state index in [4.69, 9.17) is 0 Å². The number of carbonyl (C=O) groups is 1. The van der Waals surface area contributed by atoms with Gasteiger partial charge >= 0.3 is 0 Å². The normalized spacial score (nSPS) is 15.8. The van der Waals surface area contributed by atoms with E-state index in [1.807, 2.05) is 0 Å². The van der Waals surface area contributed by atoms with Gasteiger partial charge in [-0.3, -0.25) is 14.9 Å². The molecule has 1 amide bonds. The number of benzene rings is 1. The van der Waals surface area contributed by atoms with Crippen LogP contribution >= 0.6 is 0 Å². The van der Waals surface area contributed by atoms with Gasteiger partial charge in [-0.25, -0.2) is 0 Å². The van der Waals surface area contributed by atoms with Gasteiger partial charge < -0.3 is 15.3 Å². The molecule has 1 aromatic rings. The lowest BCUT2D eigenvalue weighted by atomic mass is 10.1. The molecule has 2 rings (SSSR count). The Hall–Kier alpha value is -2.15. The van der Waals surface area contributed by atoms with Gasteiger partial charge in [0.25, 0.3) is 11.6 Å². The van der Waals surface area contributed by atoms with E-state index in [2.05, 4.69) is 5.32 Å². The van der Waals surface area contributed by atoms with Crippen LogP contribution in [0.25, 0.3) is 0 Å². The Morgan fingerprint density at radius 3 is 2.71 bits per heavy atom. The first kappa shape index (κ1) is 15.2. The average molecular weight is 293 g/mol. The molecule has 0 unspecified atom stereocenters. The first-order chi connectivity index (χ1) is 9.99. The summed E-state index contributed by atoms with van der Waals surface area (Å²) in [6.07, 6.45) is 1.32. The summed E-state index contributed by atoms with van der Waals surface area (Å²) < 4.78 is 0. The summed E-state index contributed by atoms with van der Waals surface area (Å²) >= 11 is 0. The Morgan fingerprint density at radius 1 is 1.48 bits per heavy atom. The third-order valence-electron chi connectivity index (χ3n) is 3.42. The second-order valence-corrected chi connectivity index (χ2v) is 5.22. The zero-order valence-corrected chi connectivity index (χ0v) is 11.9. The molecule has 114 valence electrons. The van der Waals surface area contributed by atoms with Gasteiger partial charge in [0, 0.05) is 31.4 Å². The van der Waals surface area contributed by atoms with E-state index >= 15 is 0 Å². The minimum atomic E-state index is -0.544. The minimum absolute atomic E-state index is 0.0949. The molecule has 1 saturated heterocycles. The molecule has 0 aliphatic carbocycles. The number of hydrogen-bond acceptors (Lipinski definition) is 5. The third-order valence-corrected chi connectivity index (χ3v) is 3.42. The number of carbonyl (C=O) groups excluding carboxylic acids is 1. The zero-order chi connectivity index (χ0) is 15.4. The average Bonchev–Trinajstić information content (AvgIpc) is 2.98. The molecule has 0 aromatic heterocycles. The fourth-order valence-corrected chi connectivity index (χ4v) is 2.33. The fraction of sp³-hybridized carbons (Fsp3) is 0.500. The van der Waals surface area contributed by atoms with Crippen LogP contribution in [-0.4, -0.2) is 46.6 Å². The van der Waals surface area contributed by atoms with Crippen LogP contribution in [0.15, 0.2) is 18.2 Å². The predicted molar refractivity (Wildman–Crippen MR) is 78.4 cm³/mol. The Labute approximate surface area is 122 Å². The minimum Gasteiger partial charge on any atom is -0.392 e. The maximum atomic E-state index is 12.4. The number of rotatable bonds is 5. The smallest absolute Gasteiger partial charge is 0.282 e. The highest BCUT2D eigenvalue weighted by atomic mass is 16.6. The van der Waals surface area contributed by atoms with Crippen LogP contribution in [0.2, 0.25) is 0 Å². The predicted octanol–water partition coefficient (Wildman–Crippen LogP) is 1.62. The number of nitrogens with zero attached hydrogens (tertiary/aromatic N) is 2. The van der Waals surface area contributed by atoms with Crippen molar-refractivity contribution in [1.29, 1.82) is 0 Å². The van der Waals surface area contributed by atoms with E-state index in [0.717, 1.165) is 12.8 Å². The number of hydrogen-bond donors (Lipinski definition) is 2. The maximum Gasteiger partial charge on any atom is 0.282 e. The molecule has 7 nitrogen and oxygen atoms in total. The highest BCUT2D eigenvalue weighted by Gasteiger charge is 2.26. The molecular weight excluding hydrogens is 274 g/mol. The molecule has 0 saturated carbocycles. The van der Waals surface area contributed by atoms with Crippen molar-refractivity contribution in [2.45, 2.75) is 25.9 Å². The maximum absolute atomic E-state index is 12.4. The molecule has 1 fully saturated rings. The lowest BCUT2D eigenvalue weighted by molar-refractivity contribution is -0.385. The van der Waals surface area contributed by atoms with Gasteiger partial charge in [-0.05, 0) is 31.9 Å². The van der Waals surface area contributed by atoms with Gasteiger partial charge in [-0.15, -0.1) is 0 Å². The van der Waals surface area contributed by atoms with Crippen LogP contribution in [0.4, 0.5) is 11.4 Å². The molecule has 0 bridgehead atoms. The van der Waals surface area contributed by atoms with Gasteiger partial charge in [0.15, 0.2) is 0 Å². The molecule has 1 atom stereocenters. The fourth-order valence-electron chi connectivity index (χ4n) is 2.33. The molecule has 21 heavy (non-hydrogen) atoms. The molecule has 7 heteroatoms. The number of nitro benzene ring substituents is 1. The standard InChI is InChI=1S/C14H19N3O4/c1-10(18)9-15-11-4-5-13(17(20)21)12(8-11)14(19)16-6-2-3-7-16/h4-5,8,10,15,18H,2-3,6-7,9H2,1H3/t10-/m0/s1. The first-order valence-electron chi connectivity index (χ1n) is 6.98. The Bertz CT molecular complexity index is 539. The molecule has 1 aliphatic rings. The summed E-state index contributed by atoms with van der Waals surface area (Å²) in [5.41, 5.74) is 0.496. The van der Waals surface area contributed by atoms with Crippen LogP contribution in [0.3, 0.4) is 0 Å². The molecule has 2 N–H and O–H groups in total. The summed E-state index contributed by atoms with van der Waals surface area (Å²) in [5.74, 6) is -0.306. The van der Waals surface area contributed by atoms with E-state index in [1.165, 1.54) is 12.1 Å². The van der Waals surface area contributed by atoms with E-state index in [9.17, 15) is 20.0 Å². The summed E-state index contributed by atoms with van der Waals surface area (Å²) in [5, 5.41) is 23.3. The van der Waals surface area contributed by atoms with Crippen LogP contribution in [0.1, 0.15) is 30.1 Å². The lowest BCUT2D eigenvalue weighted by Gasteiger charge is -2.16. The quantitative estimate of drug-likeness (QED) is 0.635. The topological polar surface area (TPSA) is 95.7 Å². The third kappa shape index (κ3) is 3.69. The molecule has 1 aromatic carbocycles. The molecular formula is C14H19N3O4. The SMILES string of the molecule is C[C@H](O)CNc1ccc([N+](=O)[O-])c(C(=O)N2CCCC2)c1. The Balaban J connectivity index is 2.27. The second kappa shape index (κ2) is 6.53. The van der Waals surface area contributed by atoms with Crippen molar-refractivity contribution < 1.29 is 14.8 Å². The number of aliphatic hydroxyl groups is 1.